The first-order valence-corrected chi connectivity index (χ1v) is 4.00. The second-order valence-corrected chi connectivity index (χ2v) is 3.28. The Bertz CT molecular complexity index is 156. The first-order valence-electron chi connectivity index (χ1n) is 4.00. The Labute approximate surface area is 72.8 Å². The summed E-state index contributed by atoms with van der Waals surface area (Å²) in [5.74, 6) is -0.985. The Morgan fingerprint density at radius 1 is 1.33 bits per heavy atom. The van der Waals surface area contributed by atoms with Crippen molar-refractivity contribution in [2.75, 3.05) is 7.05 Å². The fourth-order valence-corrected chi connectivity index (χ4v) is 1.04. The van der Waals surface area contributed by atoms with E-state index in [-0.39, 0.29) is 6.04 Å². The third-order valence-corrected chi connectivity index (χ3v) is 1.96. The maximum Gasteiger partial charge on any atom is 0.323 e. The van der Waals surface area contributed by atoms with E-state index in [0.29, 0.717) is 0 Å². The molecule has 12 heavy (non-hydrogen) atoms. The molecule has 0 spiro atoms. The normalized spacial score (nSPS) is 16.6. The standard InChI is InChI=1S/C8H17NO3/c1-5(2)9(4)7(6(3)10)8(11)12/h5-7,10H,1-4H3,(H,11,12). The molecule has 0 saturated carbocycles. The van der Waals surface area contributed by atoms with Gasteiger partial charge in [0.05, 0.1) is 6.10 Å². The van der Waals surface area contributed by atoms with Crippen molar-refractivity contribution >= 4 is 5.97 Å². The summed E-state index contributed by atoms with van der Waals surface area (Å²) in [6.07, 6.45) is -0.852. The summed E-state index contributed by atoms with van der Waals surface area (Å²) in [4.78, 5) is 12.3. The number of aliphatic carboxylic acids is 1. The van der Waals surface area contributed by atoms with Gasteiger partial charge >= 0.3 is 5.97 Å². The van der Waals surface area contributed by atoms with Crippen LogP contribution in [0, 0.1) is 0 Å². The molecule has 0 aliphatic heterocycles. The number of rotatable bonds is 4. The molecule has 0 fully saturated rings. The number of nitrogens with zero attached hydrogens (tertiary/aromatic N) is 1. The van der Waals surface area contributed by atoms with E-state index in [1.807, 2.05) is 13.8 Å². The third kappa shape index (κ3) is 2.79. The van der Waals surface area contributed by atoms with Crippen molar-refractivity contribution in [2.45, 2.75) is 39.0 Å². The molecule has 2 atom stereocenters. The molecular formula is C8H17NO3. The minimum absolute atomic E-state index is 0.112. The van der Waals surface area contributed by atoms with Crippen molar-refractivity contribution in [3.05, 3.63) is 0 Å². The minimum Gasteiger partial charge on any atom is -0.480 e. The monoisotopic (exact) mass is 175 g/mol. The Hall–Kier alpha value is -0.610. The molecule has 0 aromatic heterocycles. The number of carboxylic acid groups (broad SMARTS) is 1. The molecule has 72 valence electrons. The smallest absolute Gasteiger partial charge is 0.323 e. The summed E-state index contributed by atoms with van der Waals surface area (Å²) in [5.41, 5.74) is 0. The molecular weight excluding hydrogens is 158 g/mol. The lowest BCUT2D eigenvalue weighted by atomic mass is 10.1. The van der Waals surface area contributed by atoms with Crippen molar-refractivity contribution in [1.29, 1.82) is 0 Å². The fraction of sp³-hybridized carbons (Fsp3) is 0.875. The number of aliphatic hydroxyl groups is 1. The van der Waals surface area contributed by atoms with E-state index in [2.05, 4.69) is 0 Å². The number of carbonyl (C=O) groups is 1. The SMILES string of the molecule is CC(O)C(C(=O)O)N(C)C(C)C. The average Bonchev–Trinajstić information content (AvgIpc) is 1.85. The molecule has 0 saturated heterocycles. The van der Waals surface area contributed by atoms with Crippen LogP contribution in [-0.2, 0) is 4.79 Å². The fourth-order valence-electron chi connectivity index (χ4n) is 1.04. The summed E-state index contributed by atoms with van der Waals surface area (Å²) in [6.45, 7) is 5.26. The highest BCUT2D eigenvalue weighted by Crippen LogP contribution is 2.06. The topological polar surface area (TPSA) is 60.8 Å². The van der Waals surface area contributed by atoms with Gasteiger partial charge in [-0.3, -0.25) is 9.69 Å². The molecule has 4 heteroatoms. The minimum atomic E-state index is -0.985. The lowest BCUT2D eigenvalue weighted by molar-refractivity contribution is -0.147. The zero-order valence-corrected chi connectivity index (χ0v) is 7.98. The van der Waals surface area contributed by atoms with Crippen LogP contribution in [0.5, 0.6) is 0 Å². The van der Waals surface area contributed by atoms with Crippen molar-refractivity contribution < 1.29 is 15.0 Å². The van der Waals surface area contributed by atoms with Gasteiger partial charge in [0.15, 0.2) is 0 Å². The molecule has 2 unspecified atom stereocenters. The summed E-state index contributed by atoms with van der Waals surface area (Å²) >= 11 is 0. The number of carboxylic acids is 1. The average molecular weight is 175 g/mol. The van der Waals surface area contributed by atoms with Crippen molar-refractivity contribution in [3.63, 3.8) is 0 Å². The number of hydrogen-bond acceptors (Lipinski definition) is 3. The van der Waals surface area contributed by atoms with Crippen molar-refractivity contribution in [1.82, 2.24) is 4.90 Å². The molecule has 0 aromatic rings. The van der Waals surface area contributed by atoms with Gasteiger partial charge in [-0.05, 0) is 27.8 Å². The Kier molecular flexibility index (Phi) is 4.20. The highest BCUT2D eigenvalue weighted by molar-refractivity contribution is 5.74. The summed E-state index contributed by atoms with van der Waals surface area (Å²) < 4.78 is 0. The number of aliphatic hydroxyl groups excluding tert-OH is 1. The van der Waals surface area contributed by atoms with Gasteiger partial charge in [-0.25, -0.2) is 0 Å². The van der Waals surface area contributed by atoms with Crippen LogP contribution >= 0.6 is 0 Å². The quantitative estimate of drug-likeness (QED) is 0.639. The van der Waals surface area contributed by atoms with Crippen molar-refractivity contribution in [3.8, 4) is 0 Å². The van der Waals surface area contributed by atoms with Gasteiger partial charge in [0, 0.05) is 6.04 Å². The largest absolute Gasteiger partial charge is 0.480 e. The van der Waals surface area contributed by atoms with Gasteiger partial charge in [0.1, 0.15) is 6.04 Å². The molecule has 4 nitrogen and oxygen atoms in total. The van der Waals surface area contributed by atoms with Gasteiger partial charge in [0.25, 0.3) is 0 Å². The van der Waals surface area contributed by atoms with Gasteiger partial charge in [-0.2, -0.15) is 0 Å². The molecule has 2 N–H and O–H groups in total. The first kappa shape index (κ1) is 11.4. The molecule has 0 bridgehead atoms. The van der Waals surface area contributed by atoms with Crippen LogP contribution in [0.3, 0.4) is 0 Å². The molecule has 0 amide bonds. The predicted octanol–water partition coefficient (Wildman–Crippen LogP) is 0.161. The van der Waals surface area contributed by atoms with E-state index in [4.69, 9.17) is 5.11 Å². The Morgan fingerprint density at radius 3 is 1.83 bits per heavy atom. The van der Waals surface area contributed by atoms with E-state index < -0.39 is 18.1 Å². The highest BCUT2D eigenvalue weighted by Gasteiger charge is 2.28. The zero-order valence-electron chi connectivity index (χ0n) is 7.98. The maximum atomic E-state index is 10.7. The van der Waals surface area contributed by atoms with E-state index in [1.165, 1.54) is 6.92 Å². The van der Waals surface area contributed by atoms with E-state index in [1.54, 1.807) is 11.9 Å². The van der Waals surface area contributed by atoms with E-state index in [9.17, 15) is 9.90 Å². The van der Waals surface area contributed by atoms with Crippen LogP contribution in [-0.4, -0.2) is 46.3 Å². The molecule has 0 radical (unpaired) electrons. The van der Waals surface area contributed by atoms with Crippen LogP contribution in [0.15, 0.2) is 0 Å². The van der Waals surface area contributed by atoms with Gasteiger partial charge in [-0.15, -0.1) is 0 Å². The highest BCUT2D eigenvalue weighted by atomic mass is 16.4. The maximum absolute atomic E-state index is 10.7. The van der Waals surface area contributed by atoms with Gasteiger partial charge in [0.2, 0.25) is 0 Å². The van der Waals surface area contributed by atoms with Crippen LogP contribution < -0.4 is 0 Å². The molecule has 0 aliphatic carbocycles. The Morgan fingerprint density at radius 2 is 1.75 bits per heavy atom. The molecule has 0 rings (SSSR count). The third-order valence-electron chi connectivity index (χ3n) is 1.96. The second-order valence-electron chi connectivity index (χ2n) is 3.28. The van der Waals surface area contributed by atoms with Crippen LogP contribution in [0.4, 0.5) is 0 Å². The van der Waals surface area contributed by atoms with Crippen LogP contribution in [0.2, 0.25) is 0 Å². The summed E-state index contributed by atoms with van der Waals surface area (Å²) in [7, 11) is 1.69. The Balaban J connectivity index is 4.40. The van der Waals surface area contributed by atoms with E-state index >= 15 is 0 Å². The lowest BCUT2D eigenvalue weighted by Gasteiger charge is -2.29. The predicted molar refractivity (Wildman–Crippen MR) is 46.0 cm³/mol. The molecule has 0 aliphatic rings. The van der Waals surface area contributed by atoms with Gasteiger partial charge < -0.3 is 10.2 Å². The molecule has 0 heterocycles. The summed E-state index contributed by atoms with van der Waals surface area (Å²) in [5, 5.41) is 17.9. The zero-order chi connectivity index (χ0) is 9.89. The lowest BCUT2D eigenvalue weighted by Crippen LogP contribution is -2.48. The van der Waals surface area contributed by atoms with Crippen molar-refractivity contribution in [2.24, 2.45) is 0 Å². The second kappa shape index (κ2) is 4.42. The summed E-state index contributed by atoms with van der Waals surface area (Å²) in [6, 6.07) is -0.703. The van der Waals surface area contributed by atoms with Crippen LogP contribution in [0.25, 0.3) is 0 Å². The molecule has 0 aromatic carbocycles. The van der Waals surface area contributed by atoms with Gasteiger partial charge in [-0.1, -0.05) is 0 Å². The number of likely N-dealkylation sites (N-methyl/N-ethyl adjacent to an activating group) is 1. The van der Waals surface area contributed by atoms with E-state index in [0.717, 1.165) is 0 Å². The first-order chi connectivity index (χ1) is 5.37. The van der Waals surface area contributed by atoms with Crippen LogP contribution in [0.1, 0.15) is 20.8 Å². The number of hydrogen-bond donors (Lipinski definition) is 2.